The number of allylic oxidation sites excluding steroid dienone is 14. The summed E-state index contributed by atoms with van der Waals surface area (Å²) in [7, 11) is 1.13. The monoisotopic (exact) mass is 1140 g/mol. The van der Waals surface area contributed by atoms with Gasteiger partial charge in [0.15, 0.2) is 6.10 Å². The van der Waals surface area contributed by atoms with Crippen molar-refractivity contribution in [2.75, 3.05) is 47.5 Å². The molecule has 0 aromatic heterocycles. The number of nitrogens with zero attached hydrogens (tertiary/aromatic N) is 1. The number of unbranched alkanes of at least 4 members (excludes halogenated alkanes) is 33. The summed E-state index contributed by atoms with van der Waals surface area (Å²) in [6, 6.07) is 0. The SMILES string of the molecule is CC/C=C\C/C=C\C/C=C\C/C=C\C/C=C\C/C=C\C/C=C\CCCC(=O)OC(COC(=O)CCCCCCCCCCCCCCCCCCCCCCCCCCCCCCCCCCC)COP(=O)([O-])OCC[N+](C)(C)C. The average molecular weight is 1140 g/mol. The lowest BCUT2D eigenvalue weighted by molar-refractivity contribution is -0.870. The summed E-state index contributed by atoms with van der Waals surface area (Å²) in [5, 5.41) is 0. The van der Waals surface area contributed by atoms with Crippen molar-refractivity contribution in [1.29, 1.82) is 0 Å². The van der Waals surface area contributed by atoms with Gasteiger partial charge in [0, 0.05) is 12.8 Å². The maximum Gasteiger partial charge on any atom is 0.306 e. The molecule has 0 aliphatic heterocycles. The summed E-state index contributed by atoms with van der Waals surface area (Å²) >= 11 is 0. The molecule has 0 saturated carbocycles. The van der Waals surface area contributed by atoms with Crippen molar-refractivity contribution in [2.24, 2.45) is 0 Å². The highest BCUT2D eigenvalue weighted by Gasteiger charge is 2.22. The van der Waals surface area contributed by atoms with Gasteiger partial charge < -0.3 is 27.9 Å². The lowest BCUT2D eigenvalue weighted by Crippen LogP contribution is -2.37. The minimum atomic E-state index is -4.66. The molecule has 2 atom stereocenters. The maximum absolute atomic E-state index is 12.8. The van der Waals surface area contributed by atoms with Crippen LogP contribution in [0.5, 0.6) is 0 Å². The Balaban J connectivity index is 4.08. The van der Waals surface area contributed by atoms with Crippen LogP contribution in [0.3, 0.4) is 0 Å². The topological polar surface area (TPSA) is 111 Å². The molecule has 0 amide bonds. The summed E-state index contributed by atoms with van der Waals surface area (Å²) in [5.74, 6) is -0.897. The molecule has 0 radical (unpaired) electrons. The van der Waals surface area contributed by atoms with Crippen LogP contribution in [0.15, 0.2) is 85.1 Å². The number of phosphoric acid groups is 1. The zero-order chi connectivity index (χ0) is 58.4. The predicted octanol–water partition coefficient (Wildman–Crippen LogP) is 20.7. The number of hydrogen-bond acceptors (Lipinski definition) is 8. The molecule has 2 unspecified atom stereocenters. The van der Waals surface area contributed by atoms with Gasteiger partial charge in [0.2, 0.25) is 0 Å². The molecule has 10 heteroatoms. The zero-order valence-electron chi connectivity index (χ0n) is 52.8. The molecule has 0 fully saturated rings. The summed E-state index contributed by atoms with van der Waals surface area (Å²) in [5.41, 5.74) is 0. The Labute approximate surface area is 494 Å². The molecule has 80 heavy (non-hydrogen) atoms. The van der Waals surface area contributed by atoms with E-state index >= 15 is 0 Å². The first-order valence-corrected chi connectivity index (χ1v) is 34.8. The number of likely N-dealkylation sites (N-methyl/N-ethyl adjacent to an activating group) is 1. The third-order valence-corrected chi connectivity index (χ3v) is 15.4. The van der Waals surface area contributed by atoms with E-state index in [1.165, 1.54) is 193 Å². The van der Waals surface area contributed by atoms with Crippen molar-refractivity contribution in [3.05, 3.63) is 85.1 Å². The van der Waals surface area contributed by atoms with Crippen LogP contribution in [0.4, 0.5) is 0 Å². The van der Waals surface area contributed by atoms with E-state index in [-0.39, 0.29) is 26.1 Å². The number of ether oxygens (including phenoxy) is 2. The van der Waals surface area contributed by atoms with Crippen LogP contribution in [0.25, 0.3) is 0 Å². The van der Waals surface area contributed by atoms with E-state index < -0.39 is 32.5 Å². The van der Waals surface area contributed by atoms with Crippen molar-refractivity contribution < 1.29 is 42.1 Å². The second-order valence-electron chi connectivity index (χ2n) is 23.5. The standard InChI is InChI=1S/C70H126NO8P/c1-6-8-10-12-14-16-18-20-22-24-26-28-30-31-32-33-34-35-36-37-38-39-41-42-44-46-48-50-52-54-56-58-60-62-69(72)76-66-68(67-78-80(74,75)77-65-64-71(3,4)5)79-70(73)63-61-59-57-55-53-51-49-47-45-43-40-29-27-25-23-21-19-17-15-13-11-9-7-2/h9,11,15,17,21,23,27,29,43,45,49,51,55,57,68H,6-8,10,12-14,16,18-20,22,24-26,28,30-42,44,46-48,50,52-54,56,58-67H2,1-5H3/b11-9-,17-15-,23-21-,29-27-,45-43-,51-49-,57-55-. The van der Waals surface area contributed by atoms with Gasteiger partial charge in [-0.05, 0) is 64.2 Å². The lowest BCUT2D eigenvalue weighted by Gasteiger charge is -2.28. The van der Waals surface area contributed by atoms with E-state index in [2.05, 4.69) is 92.8 Å². The van der Waals surface area contributed by atoms with E-state index in [0.29, 0.717) is 23.9 Å². The average Bonchev–Trinajstić information content (AvgIpc) is 3.42. The number of rotatable bonds is 61. The number of phosphoric ester groups is 1. The molecule has 0 aromatic rings. The van der Waals surface area contributed by atoms with Crippen LogP contribution in [0.2, 0.25) is 0 Å². The fourth-order valence-corrected chi connectivity index (χ4v) is 10.1. The van der Waals surface area contributed by atoms with E-state index in [9.17, 15) is 19.0 Å². The normalized spacial score (nSPS) is 13.7. The minimum absolute atomic E-state index is 0.0446. The molecule has 0 saturated heterocycles. The molecular formula is C70H126NO8P. The van der Waals surface area contributed by atoms with E-state index in [0.717, 1.165) is 64.2 Å². The van der Waals surface area contributed by atoms with Crippen LogP contribution >= 0.6 is 7.82 Å². The second-order valence-corrected chi connectivity index (χ2v) is 24.9. The summed E-state index contributed by atoms with van der Waals surface area (Å²) in [6.45, 7) is 4.09. The van der Waals surface area contributed by atoms with Crippen molar-refractivity contribution >= 4 is 19.8 Å². The van der Waals surface area contributed by atoms with E-state index in [4.69, 9.17) is 18.5 Å². The molecule has 0 spiro atoms. The summed E-state index contributed by atoms with van der Waals surface area (Å²) in [6.07, 6.45) is 82.5. The Morgan fingerprint density at radius 1 is 0.400 bits per heavy atom. The van der Waals surface area contributed by atoms with E-state index in [1.807, 2.05) is 27.2 Å². The Morgan fingerprint density at radius 3 is 1.05 bits per heavy atom. The van der Waals surface area contributed by atoms with Crippen molar-refractivity contribution in [3.8, 4) is 0 Å². The number of carbonyl (C=O) groups excluding carboxylic acids is 2. The molecular weight excluding hydrogens is 1010 g/mol. The number of hydrogen-bond donors (Lipinski definition) is 0. The van der Waals surface area contributed by atoms with Crippen LogP contribution in [-0.2, 0) is 32.7 Å². The van der Waals surface area contributed by atoms with Gasteiger partial charge in [0.25, 0.3) is 7.82 Å². The fraction of sp³-hybridized carbons (Fsp3) is 0.771. The molecule has 464 valence electrons. The van der Waals surface area contributed by atoms with Crippen molar-refractivity contribution in [2.45, 2.75) is 302 Å². The number of carbonyl (C=O) groups is 2. The van der Waals surface area contributed by atoms with E-state index in [1.54, 1.807) is 0 Å². The highest BCUT2D eigenvalue weighted by molar-refractivity contribution is 7.45. The Kier molecular flexibility index (Phi) is 58.6. The summed E-state index contributed by atoms with van der Waals surface area (Å²) in [4.78, 5) is 37.9. The fourth-order valence-electron chi connectivity index (χ4n) is 9.35. The third-order valence-electron chi connectivity index (χ3n) is 14.4. The second kappa shape index (κ2) is 60.8. The van der Waals surface area contributed by atoms with Crippen LogP contribution < -0.4 is 4.89 Å². The van der Waals surface area contributed by atoms with Gasteiger partial charge in [0.1, 0.15) is 19.8 Å². The predicted molar refractivity (Wildman–Crippen MR) is 342 cm³/mol. The van der Waals surface area contributed by atoms with Crippen molar-refractivity contribution in [1.82, 2.24) is 0 Å². The first kappa shape index (κ1) is 77.2. The minimum Gasteiger partial charge on any atom is -0.756 e. The Hall–Kier alpha value is -2.81. The zero-order valence-corrected chi connectivity index (χ0v) is 53.7. The first-order valence-electron chi connectivity index (χ1n) is 33.3. The molecule has 9 nitrogen and oxygen atoms in total. The highest BCUT2D eigenvalue weighted by atomic mass is 31.2. The van der Waals surface area contributed by atoms with Gasteiger partial charge in [-0.2, -0.15) is 0 Å². The van der Waals surface area contributed by atoms with Crippen molar-refractivity contribution in [3.63, 3.8) is 0 Å². The van der Waals surface area contributed by atoms with Crippen LogP contribution in [-0.4, -0.2) is 70.0 Å². The molecule has 0 aromatic carbocycles. The molecule has 0 heterocycles. The molecule has 0 aliphatic rings. The first-order chi connectivity index (χ1) is 39.0. The largest absolute Gasteiger partial charge is 0.756 e. The Bertz CT molecular complexity index is 1630. The highest BCUT2D eigenvalue weighted by Crippen LogP contribution is 2.38. The lowest BCUT2D eigenvalue weighted by atomic mass is 10.0. The van der Waals surface area contributed by atoms with Gasteiger partial charge in [0.05, 0.1) is 27.7 Å². The van der Waals surface area contributed by atoms with Gasteiger partial charge in [-0.1, -0.05) is 304 Å². The van der Waals surface area contributed by atoms with Crippen LogP contribution in [0, 0.1) is 0 Å². The van der Waals surface area contributed by atoms with Gasteiger partial charge >= 0.3 is 11.9 Å². The van der Waals surface area contributed by atoms with Gasteiger partial charge in [-0.25, -0.2) is 0 Å². The van der Waals surface area contributed by atoms with Crippen LogP contribution in [0.1, 0.15) is 296 Å². The smallest absolute Gasteiger partial charge is 0.306 e. The summed E-state index contributed by atoms with van der Waals surface area (Å²) < 4.78 is 34.2. The molecule has 0 aliphatic carbocycles. The quantitative estimate of drug-likeness (QED) is 0.0195. The molecule has 0 N–H and O–H groups in total. The molecule has 0 bridgehead atoms. The molecule has 0 rings (SSSR count). The van der Waals surface area contributed by atoms with Gasteiger partial charge in [-0.3, -0.25) is 14.2 Å². The van der Waals surface area contributed by atoms with Gasteiger partial charge in [-0.15, -0.1) is 0 Å². The Morgan fingerprint density at radius 2 is 0.713 bits per heavy atom. The number of quaternary nitrogens is 1. The number of esters is 2. The third kappa shape index (κ3) is 64.4. The maximum atomic E-state index is 12.8.